The third kappa shape index (κ3) is 3.48. The smallest absolute Gasteiger partial charge is 0.313 e. The van der Waals surface area contributed by atoms with Crippen LogP contribution in [0.15, 0.2) is 42.7 Å². The second-order valence-electron chi connectivity index (χ2n) is 7.71. The molecule has 3 heterocycles. The summed E-state index contributed by atoms with van der Waals surface area (Å²) < 4.78 is 1.59. The van der Waals surface area contributed by atoms with E-state index in [9.17, 15) is 9.59 Å². The Morgan fingerprint density at radius 2 is 1.87 bits per heavy atom. The van der Waals surface area contributed by atoms with Gasteiger partial charge < -0.3 is 16.0 Å². The van der Waals surface area contributed by atoms with E-state index in [1.165, 1.54) is 6.20 Å². The summed E-state index contributed by atoms with van der Waals surface area (Å²) in [7, 11) is 3.77. The molecule has 2 atom stereocenters. The number of piperazine rings is 1. The number of nitrogens with one attached hydrogen (secondary N) is 1. The van der Waals surface area contributed by atoms with Gasteiger partial charge in [0.15, 0.2) is 0 Å². The largest absolute Gasteiger partial charge is 0.382 e. The van der Waals surface area contributed by atoms with Crippen LogP contribution in [0.5, 0.6) is 0 Å². The number of likely N-dealkylation sites (N-methyl/N-ethyl adjacent to an activating group) is 1. The van der Waals surface area contributed by atoms with Crippen LogP contribution in [0.25, 0.3) is 10.9 Å². The molecule has 2 amide bonds. The van der Waals surface area contributed by atoms with Gasteiger partial charge in [0.2, 0.25) is 0 Å². The number of amides is 2. The molecule has 2 aromatic heterocycles. The fraction of sp³-hybridized carbons (Fsp3) is 0.333. The van der Waals surface area contributed by atoms with Crippen LogP contribution in [0.4, 0.5) is 11.5 Å². The molecule has 4 rings (SSSR count). The van der Waals surface area contributed by atoms with Crippen molar-refractivity contribution in [3.8, 4) is 0 Å². The van der Waals surface area contributed by atoms with Crippen molar-refractivity contribution in [2.24, 2.45) is 7.05 Å². The average Bonchev–Trinajstić information content (AvgIpc) is 3.14. The van der Waals surface area contributed by atoms with Crippen molar-refractivity contribution in [3.05, 3.63) is 48.3 Å². The molecular formula is C21H25N7O2. The summed E-state index contributed by atoms with van der Waals surface area (Å²) in [5, 5.41) is 7.52. The highest BCUT2D eigenvalue weighted by Gasteiger charge is 2.36. The summed E-state index contributed by atoms with van der Waals surface area (Å²) in [6.07, 6.45) is 3.05. The molecule has 1 saturated heterocycles. The number of hydrogen-bond donors (Lipinski definition) is 2. The van der Waals surface area contributed by atoms with Gasteiger partial charge in [-0.05, 0) is 19.5 Å². The van der Waals surface area contributed by atoms with Crippen LogP contribution in [-0.4, -0.2) is 62.6 Å². The second-order valence-corrected chi connectivity index (χ2v) is 7.71. The number of nitrogen functional groups attached to an aromatic ring is 1. The number of aromatic nitrogens is 3. The number of fused-ring (bicyclic) bond motifs is 1. The quantitative estimate of drug-likeness (QED) is 0.622. The third-order valence-electron chi connectivity index (χ3n) is 5.74. The Kier molecular flexibility index (Phi) is 5.13. The summed E-state index contributed by atoms with van der Waals surface area (Å²) >= 11 is 0. The molecular weight excluding hydrogens is 382 g/mol. The van der Waals surface area contributed by atoms with Crippen molar-refractivity contribution in [2.75, 3.05) is 31.2 Å². The minimum atomic E-state index is -0.704. The number of rotatable bonds is 2. The minimum absolute atomic E-state index is 0.143. The van der Waals surface area contributed by atoms with E-state index in [0.29, 0.717) is 35.5 Å². The molecule has 0 spiro atoms. The van der Waals surface area contributed by atoms with E-state index in [0.717, 1.165) is 5.56 Å². The summed E-state index contributed by atoms with van der Waals surface area (Å²) in [5.41, 5.74) is 7.94. The molecule has 0 bridgehead atoms. The van der Waals surface area contributed by atoms with E-state index in [2.05, 4.69) is 20.3 Å². The Bertz CT molecular complexity index is 1100. The van der Waals surface area contributed by atoms with E-state index in [1.807, 2.05) is 44.3 Å². The normalized spacial score (nSPS) is 19.8. The first kappa shape index (κ1) is 19.8. The first-order valence-corrected chi connectivity index (χ1v) is 9.80. The molecule has 3 N–H and O–H groups in total. The molecule has 0 saturated carbocycles. The fourth-order valence-electron chi connectivity index (χ4n) is 3.90. The maximum absolute atomic E-state index is 13.2. The molecule has 0 unspecified atom stereocenters. The van der Waals surface area contributed by atoms with Crippen molar-refractivity contribution in [2.45, 2.75) is 19.0 Å². The van der Waals surface area contributed by atoms with Gasteiger partial charge >= 0.3 is 11.8 Å². The van der Waals surface area contributed by atoms with Gasteiger partial charge in [0.05, 0.1) is 24.1 Å². The molecule has 1 fully saturated rings. The van der Waals surface area contributed by atoms with Crippen LogP contribution >= 0.6 is 0 Å². The van der Waals surface area contributed by atoms with Crippen molar-refractivity contribution in [1.82, 2.24) is 24.6 Å². The van der Waals surface area contributed by atoms with Gasteiger partial charge in [0.1, 0.15) is 11.3 Å². The first-order valence-electron chi connectivity index (χ1n) is 9.80. The van der Waals surface area contributed by atoms with E-state index in [1.54, 1.807) is 22.8 Å². The average molecular weight is 407 g/mol. The zero-order chi connectivity index (χ0) is 21.4. The number of carbonyl (C=O) groups excluding carboxylic acids is 2. The maximum Gasteiger partial charge on any atom is 0.313 e. The van der Waals surface area contributed by atoms with Gasteiger partial charge in [-0.15, -0.1) is 0 Å². The SMILES string of the molecule is C[C@@H]1CN(C(=O)C(=O)Nc2cnc(N)c3c2cnn3C)[C@@H](c2ccccc2)CN1C. The van der Waals surface area contributed by atoms with Gasteiger partial charge in [-0.25, -0.2) is 4.98 Å². The highest BCUT2D eigenvalue weighted by molar-refractivity contribution is 6.40. The third-order valence-corrected chi connectivity index (χ3v) is 5.74. The number of nitrogens with two attached hydrogens (primary N) is 1. The zero-order valence-corrected chi connectivity index (χ0v) is 17.2. The van der Waals surface area contributed by atoms with Crippen LogP contribution < -0.4 is 11.1 Å². The van der Waals surface area contributed by atoms with Crippen LogP contribution in [0, 0.1) is 0 Å². The Hall–Kier alpha value is -3.46. The lowest BCUT2D eigenvalue weighted by molar-refractivity contribution is -0.147. The molecule has 9 heteroatoms. The van der Waals surface area contributed by atoms with Crippen molar-refractivity contribution >= 4 is 34.2 Å². The fourth-order valence-corrected chi connectivity index (χ4v) is 3.90. The van der Waals surface area contributed by atoms with Crippen LogP contribution in [0.1, 0.15) is 18.5 Å². The topological polar surface area (TPSA) is 109 Å². The Balaban J connectivity index is 1.61. The summed E-state index contributed by atoms with van der Waals surface area (Å²) in [6.45, 7) is 3.16. The summed E-state index contributed by atoms with van der Waals surface area (Å²) in [5.74, 6) is -0.964. The lowest BCUT2D eigenvalue weighted by Gasteiger charge is -2.43. The van der Waals surface area contributed by atoms with Crippen molar-refractivity contribution in [3.63, 3.8) is 0 Å². The van der Waals surface area contributed by atoms with Gasteiger partial charge in [0.25, 0.3) is 0 Å². The number of carbonyl (C=O) groups is 2. The van der Waals surface area contributed by atoms with Crippen molar-refractivity contribution in [1.29, 1.82) is 0 Å². The van der Waals surface area contributed by atoms with E-state index >= 15 is 0 Å². The number of pyridine rings is 1. The van der Waals surface area contributed by atoms with Crippen LogP contribution in [0.3, 0.4) is 0 Å². The standard InChI is InChI=1S/C21H25N7O2/c1-13-11-28(17(12-26(13)2)14-7-5-4-6-8-14)21(30)20(29)25-16-10-23-19(22)18-15(16)9-24-27(18)3/h4-10,13,17H,11-12H2,1-3H3,(H2,22,23)(H,25,29)/t13-,17-/m1/s1. The molecule has 1 aromatic carbocycles. The minimum Gasteiger partial charge on any atom is -0.382 e. The number of benzene rings is 1. The van der Waals surface area contributed by atoms with E-state index < -0.39 is 11.8 Å². The number of anilines is 2. The number of hydrogen-bond acceptors (Lipinski definition) is 6. The summed E-state index contributed by atoms with van der Waals surface area (Å²) in [6, 6.07) is 9.72. The maximum atomic E-state index is 13.2. The Morgan fingerprint density at radius 3 is 2.60 bits per heavy atom. The Labute approximate surface area is 174 Å². The molecule has 3 aromatic rings. The van der Waals surface area contributed by atoms with Gasteiger partial charge in [-0.1, -0.05) is 30.3 Å². The first-order chi connectivity index (χ1) is 14.4. The van der Waals surface area contributed by atoms with Gasteiger partial charge in [0, 0.05) is 31.6 Å². The van der Waals surface area contributed by atoms with Crippen LogP contribution in [0.2, 0.25) is 0 Å². The zero-order valence-electron chi connectivity index (χ0n) is 17.2. The predicted molar refractivity (Wildman–Crippen MR) is 115 cm³/mol. The van der Waals surface area contributed by atoms with Gasteiger partial charge in [-0.3, -0.25) is 19.2 Å². The monoisotopic (exact) mass is 407 g/mol. The molecule has 0 radical (unpaired) electrons. The van der Waals surface area contributed by atoms with Gasteiger partial charge in [-0.2, -0.15) is 5.10 Å². The van der Waals surface area contributed by atoms with Crippen molar-refractivity contribution < 1.29 is 9.59 Å². The number of nitrogens with zero attached hydrogens (tertiary/aromatic N) is 5. The molecule has 9 nitrogen and oxygen atoms in total. The predicted octanol–water partition coefficient (Wildman–Crippen LogP) is 1.39. The Morgan fingerprint density at radius 1 is 1.13 bits per heavy atom. The molecule has 1 aliphatic heterocycles. The summed E-state index contributed by atoms with van der Waals surface area (Å²) in [4.78, 5) is 34.1. The van der Waals surface area contributed by atoms with Crippen LogP contribution in [-0.2, 0) is 16.6 Å². The van der Waals surface area contributed by atoms with E-state index in [-0.39, 0.29) is 12.1 Å². The lowest BCUT2D eigenvalue weighted by atomic mass is 10.00. The lowest BCUT2D eigenvalue weighted by Crippen LogP contribution is -2.55. The molecule has 0 aliphatic carbocycles. The highest BCUT2D eigenvalue weighted by atomic mass is 16.2. The number of aryl methyl sites for hydroxylation is 1. The van der Waals surface area contributed by atoms with E-state index in [4.69, 9.17) is 5.73 Å². The second kappa shape index (κ2) is 7.75. The molecule has 156 valence electrons. The highest BCUT2D eigenvalue weighted by Crippen LogP contribution is 2.29. The molecule has 1 aliphatic rings. The molecule has 30 heavy (non-hydrogen) atoms.